The molecule has 39 heavy (non-hydrogen) atoms. The topological polar surface area (TPSA) is 102 Å². The second-order valence-electron chi connectivity index (χ2n) is 9.71. The third-order valence-corrected chi connectivity index (χ3v) is 7.00. The predicted octanol–water partition coefficient (Wildman–Crippen LogP) is 4.79. The van der Waals surface area contributed by atoms with Gasteiger partial charge >= 0.3 is 5.97 Å². The minimum absolute atomic E-state index is 0.00845. The molecule has 206 valence electrons. The van der Waals surface area contributed by atoms with Gasteiger partial charge in [0.05, 0.1) is 20.3 Å². The number of amides is 1. The fourth-order valence-corrected chi connectivity index (χ4v) is 4.44. The van der Waals surface area contributed by atoms with Crippen LogP contribution in [-0.2, 0) is 33.9 Å². The number of ether oxygens (including phenoxy) is 2. The summed E-state index contributed by atoms with van der Waals surface area (Å²) >= 11 is 0. The summed E-state index contributed by atoms with van der Waals surface area (Å²) in [5.74, 6) is -3.29. The van der Waals surface area contributed by atoms with Crippen LogP contribution in [0.2, 0.25) is 0 Å². The molecular weight excluding hydrogens is 506 g/mol. The average molecular weight is 539 g/mol. The highest BCUT2D eigenvalue weighted by atomic mass is 19.1. The Bertz CT molecular complexity index is 1390. The van der Waals surface area contributed by atoms with E-state index in [1.54, 1.807) is 6.20 Å². The van der Waals surface area contributed by atoms with E-state index in [0.29, 0.717) is 19.0 Å². The van der Waals surface area contributed by atoms with Crippen molar-refractivity contribution in [1.82, 2.24) is 15.3 Å². The van der Waals surface area contributed by atoms with Gasteiger partial charge in [0.25, 0.3) is 5.91 Å². The van der Waals surface area contributed by atoms with Gasteiger partial charge in [0.1, 0.15) is 23.2 Å². The van der Waals surface area contributed by atoms with Crippen molar-refractivity contribution in [2.24, 2.45) is 0 Å². The molecule has 10 heteroatoms. The van der Waals surface area contributed by atoms with Gasteiger partial charge in [-0.15, -0.1) is 0 Å². The number of halogens is 2. The second kappa shape index (κ2) is 11.9. The van der Waals surface area contributed by atoms with Gasteiger partial charge in [-0.3, -0.25) is 4.79 Å². The highest BCUT2D eigenvalue weighted by Gasteiger charge is 2.29. The number of benzene rings is 2. The van der Waals surface area contributed by atoms with Crippen LogP contribution >= 0.6 is 0 Å². The van der Waals surface area contributed by atoms with Crippen molar-refractivity contribution >= 4 is 17.6 Å². The van der Waals surface area contributed by atoms with Gasteiger partial charge in [-0.05, 0) is 61.6 Å². The average Bonchev–Trinajstić information content (AvgIpc) is 3.39. The number of methoxy groups -OCH3 is 1. The monoisotopic (exact) mass is 538 g/mol. The molecule has 0 bridgehead atoms. The molecule has 3 aromatic rings. The van der Waals surface area contributed by atoms with Crippen LogP contribution in [0.15, 0.2) is 30.5 Å². The molecule has 8 nitrogen and oxygen atoms in total. The number of anilines is 1. The Morgan fingerprint density at radius 2 is 1.82 bits per heavy atom. The summed E-state index contributed by atoms with van der Waals surface area (Å²) in [6, 6.07) is 4.61. The molecular formula is C29H32F2N4O4. The zero-order chi connectivity index (χ0) is 28.3. The number of carbonyl (C=O) groups is 2. The maximum atomic E-state index is 14.8. The number of hydrogen-bond donors (Lipinski definition) is 2. The lowest BCUT2D eigenvalue weighted by molar-refractivity contribution is -0.142. The molecule has 2 N–H and O–H groups in total. The molecule has 0 radical (unpaired) electrons. The number of esters is 1. The van der Waals surface area contributed by atoms with E-state index in [1.165, 1.54) is 7.11 Å². The number of carbonyl (C=O) groups excluding carboxylic acids is 2. The third kappa shape index (κ3) is 6.06. The van der Waals surface area contributed by atoms with Gasteiger partial charge in [-0.1, -0.05) is 19.1 Å². The van der Waals surface area contributed by atoms with Crippen LogP contribution in [0.25, 0.3) is 11.4 Å². The highest BCUT2D eigenvalue weighted by molar-refractivity contribution is 5.97. The SMILES string of the molecule is CC[C@H](C)Nc1cc(F)c(C(=O)N[C@@H](Cc2ccc(-c3ncc(C)c(C)n3)c3c2COC3)C(=O)OC)c(F)c1. The first-order chi connectivity index (χ1) is 18.6. The maximum Gasteiger partial charge on any atom is 0.328 e. The van der Waals surface area contributed by atoms with Gasteiger partial charge in [-0.25, -0.2) is 23.5 Å². The van der Waals surface area contributed by atoms with E-state index in [0.717, 1.165) is 52.1 Å². The summed E-state index contributed by atoms with van der Waals surface area (Å²) in [4.78, 5) is 34.7. The quantitative estimate of drug-likeness (QED) is 0.378. The summed E-state index contributed by atoms with van der Waals surface area (Å²) < 4.78 is 40.3. The van der Waals surface area contributed by atoms with Crippen molar-refractivity contribution < 1.29 is 27.8 Å². The van der Waals surface area contributed by atoms with Crippen LogP contribution in [0.5, 0.6) is 0 Å². The van der Waals surface area contributed by atoms with Crippen molar-refractivity contribution in [1.29, 1.82) is 0 Å². The zero-order valence-corrected chi connectivity index (χ0v) is 22.7. The Labute approximate surface area is 226 Å². The molecule has 2 atom stereocenters. The van der Waals surface area contributed by atoms with Gasteiger partial charge < -0.3 is 20.1 Å². The van der Waals surface area contributed by atoms with Gasteiger partial charge in [-0.2, -0.15) is 0 Å². The second-order valence-corrected chi connectivity index (χ2v) is 9.71. The molecule has 1 amide bonds. The Balaban J connectivity index is 1.60. The van der Waals surface area contributed by atoms with Crippen molar-refractivity contribution in [3.8, 4) is 11.4 Å². The van der Waals surface area contributed by atoms with Crippen molar-refractivity contribution in [2.45, 2.75) is 65.8 Å². The summed E-state index contributed by atoms with van der Waals surface area (Å²) in [6.45, 7) is 8.31. The van der Waals surface area contributed by atoms with E-state index in [1.807, 2.05) is 39.8 Å². The van der Waals surface area contributed by atoms with Crippen LogP contribution in [0.3, 0.4) is 0 Å². The molecule has 2 aromatic carbocycles. The number of aryl methyl sites for hydroxylation is 2. The third-order valence-electron chi connectivity index (χ3n) is 7.00. The van der Waals surface area contributed by atoms with Crippen LogP contribution in [0, 0.1) is 25.5 Å². The molecule has 1 aliphatic heterocycles. The molecule has 1 aromatic heterocycles. The maximum absolute atomic E-state index is 14.8. The first kappa shape index (κ1) is 28.1. The molecule has 0 saturated carbocycles. The van der Waals surface area contributed by atoms with Crippen LogP contribution in [0.1, 0.15) is 58.6 Å². The number of fused-ring (bicyclic) bond motifs is 1. The largest absolute Gasteiger partial charge is 0.467 e. The van der Waals surface area contributed by atoms with Crippen molar-refractivity contribution in [3.63, 3.8) is 0 Å². The van der Waals surface area contributed by atoms with E-state index in [9.17, 15) is 18.4 Å². The van der Waals surface area contributed by atoms with Crippen LogP contribution in [0.4, 0.5) is 14.5 Å². The van der Waals surface area contributed by atoms with Gasteiger partial charge in [0.15, 0.2) is 5.82 Å². The van der Waals surface area contributed by atoms with Crippen LogP contribution in [-0.4, -0.2) is 41.0 Å². The molecule has 0 aliphatic carbocycles. The number of aromatic nitrogens is 2. The molecule has 0 saturated heterocycles. The standard InChI is InChI=1S/C29H32F2N4O4/c1-6-16(3)33-19-10-23(30)26(24(31)11-19)28(36)35-25(29(37)38-5)9-18-7-8-20(22-14-39-13-21(18)22)27-32-12-15(2)17(4)34-27/h7-8,10-12,16,25,33H,6,9,13-14H2,1-5H3,(H,35,36)/t16-,25-/m0/s1. The summed E-state index contributed by atoms with van der Waals surface area (Å²) in [5, 5.41) is 5.44. The first-order valence-corrected chi connectivity index (χ1v) is 12.8. The van der Waals surface area contributed by atoms with Crippen molar-refractivity contribution in [2.75, 3.05) is 12.4 Å². The zero-order valence-electron chi connectivity index (χ0n) is 22.7. The molecule has 0 fully saturated rings. The first-order valence-electron chi connectivity index (χ1n) is 12.8. The summed E-state index contributed by atoms with van der Waals surface area (Å²) in [6.07, 6.45) is 2.55. The molecule has 4 rings (SSSR count). The number of hydrogen-bond acceptors (Lipinski definition) is 7. The molecule has 0 unspecified atom stereocenters. The molecule has 2 heterocycles. The van der Waals surface area contributed by atoms with E-state index < -0.39 is 35.1 Å². The Kier molecular flexibility index (Phi) is 8.54. The lowest BCUT2D eigenvalue weighted by Crippen LogP contribution is -2.43. The molecule has 0 spiro atoms. The smallest absolute Gasteiger partial charge is 0.328 e. The number of nitrogens with one attached hydrogen (secondary N) is 2. The lowest BCUT2D eigenvalue weighted by atomic mass is 9.93. The minimum Gasteiger partial charge on any atom is -0.467 e. The fraction of sp³-hybridized carbons (Fsp3) is 0.379. The van der Waals surface area contributed by atoms with E-state index >= 15 is 0 Å². The van der Waals surface area contributed by atoms with Crippen LogP contribution < -0.4 is 10.6 Å². The lowest BCUT2D eigenvalue weighted by Gasteiger charge is -2.20. The minimum atomic E-state index is -1.19. The van der Waals surface area contributed by atoms with E-state index in [2.05, 4.69) is 20.6 Å². The molecule has 1 aliphatic rings. The van der Waals surface area contributed by atoms with Gasteiger partial charge in [0, 0.05) is 35.6 Å². The Morgan fingerprint density at radius 1 is 1.13 bits per heavy atom. The Morgan fingerprint density at radius 3 is 2.46 bits per heavy atom. The Hall–Kier alpha value is -3.92. The van der Waals surface area contributed by atoms with Gasteiger partial charge in [0.2, 0.25) is 0 Å². The van der Waals surface area contributed by atoms with Crippen molar-refractivity contribution in [3.05, 3.63) is 75.6 Å². The fourth-order valence-electron chi connectivity index (χ4n) is 4.44. The number of nitrogens with zero attached hydrogens (tertiary/aromatic N) is 2. The number of rotatable bonds is 9. The summed E-state index contributed by atoms with van der Waals surface area (Å²) in [7, 11) is 1.19. The highest BCUT2D eigenvalue weighted by Crippen LogP contribution is 2.33. The summed E-state index contributed by atoms with van der Waals surface area (Å²) in [5.41, 5.74) is 4.62. The normalized spacial score (nSPS) is 13.9. The van der Waals surface area contributed by atoms with E-state index in [4.69, 9.17) is 9.47 Å². The van der Waals surface area contributed by atoms with E-state index in [-0.39, 0.29) is 18.2 Å². The predicted molar refractivity (Wildman–Crippen MR) is 142 cm³/mol.